The van der Waals surface area contributed by atoms with Crippen molar-refractivity contribution in [2.75, 3.05) is 12.3 Å². The van der Waals surface area contributed by atoms with Crippen LogP contribution in [-0.2, 0) is 4.79 Å². The van der Waals surface area contributed by atoms with Gasteiger partial charge in [0.25, 0.3) is 0 Å². The van der Waals surface area contributed by atoms with Gasteiger partial charge in [-0.3, -0.25) is 4.79 Å². The molecule has 1 saturated carbocycles. The Balaban J connectivity index is 1.72. The molecular weight excluding hydrogens is 228 g/mol. The van der Waals surface area contributed by atoms with Crippen LogP contribution < -0.4 is 15.8 Å². The van der Waals surface area contributed by atoms with Crippen molar-refractivity contribution in [1.29, 1.82) is 0 Å². The topological polar surface area (TPSA) is 64.3 Å². The first-order chi connectivity index (χ1) is 8.59. The highest BCUT2D eigenvalue weighted by atomic mass is 16.5. The standard InChI is InChI=1S/C14H20N2O2/c1-14(8-4-9-14)16-13(17)7-10-18-12-6-3-2-5-11(12)15/h2-3,5-6H,4,7-10,15H2,1H3,(H,16,17). The summed E-state index contributed by atoms with van der Waals surface area (Å²) in [7, 11) is 0. The summed E-state index contributed by atoms with van der Waals surface area (Å²) in [5.74, 6) is 0.687. The van der Waals surface area contributed by atoms with E-state index in [1.54, 1.807) is 12.1 Å². The Morgan fingerprint density at radius 2 is 2.17 bits per heavy atom. The predicted molar refractivity (Wildman–Crippen MR) is 71.4 cm³/mol. The Morgan fingerprint density at radius 3 is 2.78 bits per heavy atom. The summed E-state index contributed by atoms with van der Waals surface area (Å²) in [6, 6.07) is 7.30. The van der Waals surface area contributed by atoms with Crippen LogP contribution in [0.5, 0.6) is 5.75 Å². The average Bonchev–Trinajstić information content (AvgIpc) is 2.29. The first-order valence-corrected chi connectivity index (χ1v) is 6.37. The lowest BCUT2D eigenvalue weighted by atomic mass is 9.78. The Hall–Kier alpha value is -1.71. The van der Waals surface area contributed by atoms with E-state index < -0.39 is 0 Å². The fourth-order valence-corrected chi connectivity index (χ4v) is 2.10. The summed E-state index contributed by atoms with van der Waals surface area (Å²) in [6.45, 7) is 2.45. The number of nitrogens with two attached hydrogens (primary N) is 1. The lowest BCUT2D eigenvalue weighted by Gasteiger charge is -2.39. The molecule has 4 nitrogen and oxygen atoms in total. The van der Waals surface area contributed by atoms with Crippen LogP contribution in [0.15, 0.2) is 24.3 Å². The molecule has 0 aliphatic heterocycles. The van der Waals surface area contributed by atoms with E-state index in [0.717, 1.165) is 12.8 Å². The van der Waals surface area contributed by atoms with Crippen molar-refractivity contribution in [3.05, 3.63) is 24.3 Å². The fraction of sp³-hybridized carbons (Fsp3) is 0.500. The van der Waals surface area contributed by atoms with Gasteiger partial charge in [-0.1, -0.05) is 12.1 Å². The second kappa shape index (κ2) is 5.29. The van der Waals surface area contributed by atoms with Crippen molar-refractivity contribution in [2.24, 2.45) is 0 Å². The zero-order valence-corrected chi connectivity index (χ0v) is 10.7. The highest BCUT2D eigenvalue weighted by Crippen LogP contribution is 2.30. The molecule has 0 atom stereocenters. The molecule has 98 valence electrons. The molecule has 0 saturated heterocycles. The smallest absolute Gasteiger partial charge is 0.223 e. The van der Waals surface area contributed by atoms with Gasteiger partial charge >= 0.3 is 0 Å². The van der Waals surface area contributed by atoms with Gasteiger partial charge in [-0.05, 0) is 38.3 Å². The number of ether oxygens (including phenoxy) is 1. The van der Waals surface area contributed by atoms with Crippen LogP contribution in [-0.4, -0.2) is 18.1 Å². The second-order valence-corrected chi connectivity index (χ2v) is 5.10. The van der Waals surface area contributed by atoms with E-state index in [-0.39, 0.29) is 11.4 Å². The third-order valence-electron chi connectivity index (χ3n) is 3.40. The number of hydrogen-bond acceptors (Lipinski definition) is 3. The van der Waals surface area contributed by atoms with Gasteiger partial charge in [-0.2, -0.15) is 0 Å². The van der Waals surface area contributed by atoms with Crippen molar-refractivity contribution < 1.29 is 9.53 Å². The zero-order valence-electron chi connectivity index (χ0n) is 10.7. The monoisotopic (exact) mass is 248 g/mol. The molecule has 4 heteroatoms. The van der Waals surface area contributed by atoms with Crippen LogP contribution in [0.2, 0.25) is 0 Å². The number of hydrogen-bond donors (Lipinski definition) is 2. The number of nitrogen functional groups attached to an aromatic ring is 1. The normalized spacial score (nSPS) is 16.7. The third-order valence-corrected chi connectivity index (χ3v) is 3.40. The maximum atomic E-state index is 11.7. The molecule has 1 aromatic rings. The molecule has 0 radical (unpaired) electrons. The molecule has 0 unspecified atom stereocenters. The third kappa shape index (κ3) is 3.15. The van der Waals surface area contributed by atoms with Crippen molar-refractivity contribution in [1.82, 2.24) is 5.32 Å². The van der Waals surface area contributed by atoms with Crippen LogP contribution in [0.3, 0.4) is 0 Å². The van der Waals surface area contributed by atoms with Crippen LogP contribution in [0.1, 0.15) is 32.6 Å². The molecular formula is C14H20N2O2. The van der Waals surface area contributed by atoms with Gasteiger partial charge in [0.2, 0.25) is 5.91 Å². The summed E-state index contributed by atoms with van der Waals surface area (Å²) in [6.07, 6.45) is 3.72. The van der Waals surface area contributed by atoms with E-state index in [1.807, 2.05) is 12.1 Å². The van der Waals surface area contributed by atoms with Gasteiger partial charge in [0.1, 0.15) is 5.75 Å². The van der Waals surface area contributed by atoms with E-state index in [1.165, 1.54) is 6.42 Å². The van der Waals surface area contributed by atoms with E-state index in [0.29, 0.717) is 24.5 Å². The molecule has 0 bridgehead atoms. The minimum atomic E-state index is 0.0167. The van der Waals surface area contributed by atoms with E-state index in [4.69, 9.17) is 10.5 Å². The quantitative estimate of drug-likeness (QED) is 0.784. The van der Waals surface area contributed by atoms with Crippen LogP contribution in [0.4, 0.5) is 5.69 Å². The van der Waals surface area contributed by atoms with E-state index in [9.17, 15) is 4.79 Å². The minimum Gasteiger partial charge on any atom is -0.491 e. The van der Waals surface area contributed by atoms with Gasteiger partial charge in [0, 0.05) is 5.54 Å². The molecule has 18 heavy (non-hydrogen) atoms. The minimum absolute atomic E-state index is 0.0167. The van der Waals surface area contributed by atoms with Gasteiger partial charge in [-0.15, -0.1) is 0 Å². The maximum absolute atomic E-state index is 11.7. The molecule has 1 aromatic carbocycles. The summed E-state index contributed by atoms with van der Waals surface area (Å²) in [5, 5.41) is 3.04. The highest BCUT2D eigenvalue weighted by molar-refractivity contribution is 5.77. The SMILES string of the molecule is CC1(NC(=O)CCOc2ccccc2N)CCC1. The number of carbonyl (C=O) groups is 1. The van der Waals surface area contributed by atoms with E-state index >= 15 is 0 Å². The zero-order chi connectivity index (χ0) is 13.0. The number of para-hydroxylation sites is 2. The number of nitrogens with one attached hydrogen (secondary N) is 1. The number of anilines is 1. The number of benzene rings is 1. The molecule has 1 fully saturated rings. The summed E-state index contributed by atoms with van der Waals surface area (Å²) in [4.78, 5) is 11.7. The predicted octanol–water partition coefficient (Wildman–Crippen LogP) is 2.10. The molecule has 1 aliphatic carbocycles. The van der Waals surface area contributed by atoms with Crippen molar-refractivity contribution in [3.8, 4) is 5.75 Å². The molecule has 0 aromatic heterocycles. The Kier molecular flexibility index (Phi) is 3.75. The Bertz CT molecular complexity index is 428. The first-order valence-electron chi connectivity index (χ1n) is 6.37. The van der Waals surface area contributed by atoms with Crippen molar-refractivity contribution in [3.63, 3.8) is 0 Å². The largest absolute Gasteiger partial charge is 0.491 e. The van der Waals surface area contributed by atoms with Gasteiger partial charge in [-0.25, -0.2) is 0 Å². The lowest BCUT2D eigenvalue weighted by molar-refractivity contribution is -0.124. The Labute approximate surface area is 108 Å². The number of carbonyl (C=O) groups excluding carboxylic acids is 1. The van der Waals surface area contributed by atoms with Crippen molar-refractivity contribution in [2.45, 2.75) is 38.1 Å². The van der Waals surface area contributed by atoms with Crippen LogP contribution in [0, 0.1) is 0 Å². The maximum Gasteiger partial charge on any atom is 0.223 e. The number of rotatable bonds is 5. The summed E-state index contributed by atoms with van der Waals surface area (Å²) in [5.41, 5.74) is 6.36. The molecule has 0 heterocycles. The first kappa shape index (κ1) is 12.7. The molecule has 0 spiro atoms. The highest BCUT2D eigenvalue weighted by Gasteiger charge is 2.32. The van der Waals surface area contributed by atoms with E-state index in [2.05, 4.69) is 12.2 Å². The number of amides is 1. The fourth-order valence-electron chi connectivity index (χ4n) is 2.10. The average molecular weight is 248 g/mol. The van der Waals surface area contributed by atoms with Gasteiger partial charge < -0.3 is 15.8 Å². The molecule has 2 rings (SSSR count). The molecule has 1 aliphatic rings. The van der Waals surface area contributed by atoms with Gasteiger partial charge in [0.15, 0.2) is 0 Å². The molecule has 3 N–H and O–H groups in total. The summed E-state index contributed by atoms with van der Waals surface area (Å²) >= 11 is 0. The van der Waals surface area contributed by atoms with Crippen LogP contribution in [0.25, 0.3) is 0 Å². The molecule has 1 amide bonds. The van der Waals surface area contributed by atoms with Crippen molar-refractivity contribution >= 4 is 11.6 Å². The van der Waals surface area contributed by atoms with Crippen LogP contribution >= 0.6 is 0 Å². The van der Waals surface area contributed by atoms with Gasteiger partial charge in [0.05, 0.1) is 18.7 Å². The second-order valence-electron chi connectivity index (χ2n) is 5.10. The Morgan fingerprint density at radius 1 is 1.44 bits per heavy atom. The lowest BCUT2D eigenvalue weighted by Crippen LogP contribution is -2.51. The summed E-state index contributed by atoms with van der Waals surface area (Å²) < 4.78 is 5.49.